The van der Waals surface area contributed by atoms with Gasteiger partial charge in [0.1, 0.15) is 11.4 Å². The first kappa shape index (κ1) is 17.2. The van der Waals surface area contributed by atoms with Crippen molar-refractivity contribution < 1.29 is 13.2 Å². The summed E-state index contributed by atoms with van der Waals surface area (Å²) in [6.45, 7) is 3.73. The first-order valence-electron chi connectivity index (χ1n) is 6.73. The molecule has 0 radical (unpaired) electrons. The Morgan fingerprint density at radius 1 is 1.17 bits per heavy atom. The molecule has 0 saturated carbocycles. The molecule has 0 amide bonds. The highest BCUT2D eigenvalue weighted by molar-refractivity contribution is 7.92. The highest BCUT2D eigenvalue weighted by Gasteiger charge is 2.32. The van der Waals surface area contributed by atoms with E-state index in [0.29, 0.717) is 5.75 Å². The van der Waals surface area contributed by atoms with Crippen LogP contribution in [0.1, 0.15) is 24.8 Å². The van der Waals surface area contributed by atoms with E-state index in [2.05, 4.69) is 9.97 Å². The summed E-state index contributed by atoms with van der Waals surface area (Å²) in [6.07, 6.45) is 2.59. The fourth-order valence-electron chi connectivity index (χ4n) is 1.90. The monoisotopic (exact) mass is 351 g/mol. The zero-order valence-electron chi connectivity index (χ0n) is 12.5. The van der Waals surface area contributed by atoms with Crippen molar-refractivity contribution in [3.05, 3.63) is 47.5 Å². The average molecular weight is 352 g/mol. The molecule has 0 aliphatic carbocycles. The smallest absolute Gasteiger partial charge is 0.200 e. The van der Waals surface area contributed by atoms with Crippen LogP contribution in [0.3, 0.4) is 0 Å². The van der Waals surface area contributed by atoms with Gasteiger partial charge in [-0.1, -0.05) is 11.6 Å². The highest BCUT2D eigenvalue weighted by atomic mass is 35.5. The van der Waals surface area contributed by atoms with Crippen LogP contribution >= 0.6 is 11.6 Å². The minimum absolute atomic E-state index is 0.0122. The van der Waals surface area contributed by atoms with E-state index in [1.165, 1.54) is 24.5 Å². The maximum atomic E-state index is 12.7. The number of hydrogen-bond donors (Lipinski definition) is 0. The maximum Gasteiger partial charge on any atom is 0.200 e. The van der Waals surface area contributed by atoms with E-state index in [9.17, 15) is 13.7 Å². The molecular formula is C15H14ClN3O3S. The third-order valence-electron chi connectivity index (χ3n) is 2.88. The number of benzene rings is 1. The van der Waals surface area contributed by atoms with E-state index in [4.69, 9.17) is 16.3 Å². The van der Waals surface area contributed by atoms with Crippen molar-refractivity contribution >= 4 is 21.4 Å². The zero-order chi connectivity index (χ0) is 17.0. The molecule has 0 aliphatic heterocycles. The molecule has 1 aromatic heterocycles. The van der Waals surface area contributed by atoms with E-state index in [1.54, 1.807) is 18.2 Å². The Morgan fingerprint density at radius 2 is 1.78 bits per heavy atom. The fourth-order valence-corrected chi connectivity index (χ4v) is 3.57. The lowest BCUT2D eigenvalue weighted by Crippen LogP contribution is -2.14. The van der Waals surface area contributed by atoms with Gasteiger partial charge in [-0.3, -0.25) is 4.98 Å². The third-order valence-corrected chi connectivity index (χ3v) is 5.05. The molecule has 0 fully saturated rings. The molecule has 2 aromatic rings. The SMILES string of the molecule is CC(C)Oc1ccc(S(=O)(=O)C(C#N)c2nccnc2Cl)cc1. The number of halogens is 1. The van der Waals surface area contributed by atoms with Gasteiger partial charge in [0.2, 0.25) is 9.84 Å². The molecule has 0 N–H and O–H groups in total. The molecule has 0 aliphatic rings. The van der Waals surface area contributed by atoms with E-state index < -0.39 is 15.1 Å². The lowest BCUT2D eigenvalue weighted by Gasteiger charge is -2.13. The van der Waals surface area contributed by atoms with Crippen molar-refractivity contribution in [2.75, 3.05) is 0 Å². The maximum absolute atomic E-state index is 12.7. The summed E-state index contributed by atoms with van der Waals surface area (Å²) >= 11 is 5.86. The first-order chi connectivity index (χ1) is 10.9. The number of nitriles is 1. The number of aromatic nitrogens is 2. The largest absolute Gasteiger partial charge is 0.491 e. The predicted octanol–water partition coefficient (Wildman–Crippen LogP) is 2.96. The Balaban J connectivity index is 2.40. The molecule has 0 saturated heterocycles. The number of sulfone groups is 1. The van der Waals surface area contributed by atoms with Crippen LogP contribution in [-0.2, 0) is 9.84 Å². The molecule has 23 heavy (non-hydrogen) atoms. The Morgan fingerprint density at radius 3 is 2.30 bits per heavy atom. The standard InChI is InChI=1S/C15H14ClN3O3S/c1-10(2)22-11-3-5-12(6-4-11)23(20,21)13(9-17)14-15(16)19-8-7-18-14/h3-8,10,13H,1-2H3. The van der Waals surface area contributed by atoms with E-state index in [0.717, 1.165) is 0 Å². The summed E-state index contributed by atoms with van der Waals surface area (Å²) in [5.41, 5.74) is -0.0841. The third kappa shape index (κ3) is 3.78. The van der Waals surface area contributed by atoms with Crippen molar-refractivity contribution in [1.82, 2.24) is 9.97 Å². The lowest BCUT2D eigenvalue weighted by atomic mass is 10.3. The quantitative estimate of drug-likeness (QED) is 0.822. The van der Waals surface area contributed by atoms with Crippen LogP contribution in [-0.4, -0.2) is 24.5 Å². The van der Waals surface area contributed by atoms with Crippen molar-refractivity contribution in [3.8, 4) is 11.8 Å². The summed E-state index contributed by atoms with van der Waals surface area (Å²) in [5.74, 6) is 0.546. The second kappa shape index (κ2) is 6.94. The molecule has 1 atom stereocenters. The Hall–Kier alpha value is -2.17. The minimum Gasteiger partial charge on any atom is -0.491 e. The van der Waals surface area contributed by atoms with Crippen LogP contribution in [0.15, 0.2) is 41.6 Å². The topological polar surface area (TPSA) is 92.9 Å². The number of ether oxygens (including phenoxy) is 1. The van der Waals surface area contributed by atoms with Gasteiger partial charge >= 0.3 is 0 Å². The van der Waals surface area contributed by atoms with E-state index in [1.807, 2.05) is 13.8 Å². The summed E-state index contributed by atoms with van der Waals surface area (Å²) < 4.78 is 30.8. The van der Waals surface area contributed by atoms with Crippen LogP contribution in [0.4, 0.5) is 0 Å². The molecule has 1 unspecified atom stereocenters. The molecule has 2 rings (SSSR count). The minimum atomic E-state index is -3.98. The summed E-state index contributed by atoms with van der Waals surface area (Å²) in [6, 6.07) is 7.60. The summed E-state index contributed by atoms with van der Waals surface area (Å²) in [4.78, 5) is 7.63. The molecule has 1 heterocycles. The Bertz CT molecular complexity index is 830. The van der Waals surface area contributed by atoms with Crippen molar-refractivity contribution in [3.63, 3.8) is 0 Å². The van der Waals surface area contributed by atoms with Gasteiger partial charge in [0.05, 0.1) is 17.1 Å². The van der Waals surface area contributed by atoms with Crippen LogP contribution in [0, 0.1) is 11.3 Å². The van der Waals surface area contributed by atoms with Crippen LogP contribution in [0.25, 0.3) is 0 Å². The van der Waals surface area contributed by atoms with Crippen molar-refractivity contribution in [2.24, 2.45) is 0 Å². The molecule has 120 valence electrons. The lowest BCUT2D eigenvalue weighted by molar-refractivity contribution is 0.242. The summed E-state index contributed by atoms with van der Waals surface area (Å²) in [5, 5.41) is 7.66. The van der Waals surface area contributed by atoms with Crippen LogP contribution < -0.4 is 4.74 Å². The average Bonchev–Trinajstić information content (AvgIpc) is 2.49. The van der Waals surface area contributed by atoms with Gasteiger partial charge in [-0.25, -0.2) is 13.4 Å². The Kier molecular flexibility index (Phi) is 5.19. The number of rotatable bonds is 5. The normalized spacial score (nSPS) is 12.7. The van der Waals surface area contributed by atoms with E-state index in [-0.39, 0.29) is 21.8 Å². The highest BCUT2D eigenvalue weighted by Crippen LogP contribution is 2.31. The van der Waals surface area contributed by atoms with Gasteiger partial charge in [0.25, 0.3) is 0 Å². The van der Waals surface area contributed by atoms with E-state index >= 15 is 0 Å². The molecular weight excluding hydrogens is 338 g/mol. The van der Waals surface area contributed by atoms with Gasteiger partial charge < -0.3 is 4.74 Å². The number of nitrogens with zero attached hydrogens (tertiary/aromatic N) is 3. The molecule has 8 heteroatoms. The van der Waals surface area contributed by atoms with Gasteiger partial charge in [-0.15, -0.1) is 0 Å². The van der Waals surface area contributed by atoms with Gasteiger partial charge in [0, 0.05) is 12.4 Å². The molecule has 0 spiro atoms. The second-order valence-electron chi connectivity index (χ2n) is 4.92. The Labute approximate surface area is 139 Å². The van der Waals surface area contributed by atoms with Crippen LogP contribution in [0.2, 0.25) is 5.15 Å². The molecule has 6 nitrogen and oxygen atoms in total. The van der Waals surface area contributed by atoms with Crippen LogP contribution in [0.5, 0.6) is 5.75 Å². The predicted molar refractivity (Wildman–Crippen MR) is 84.8 cm³/mol. The molecule has 1 aromatic carbocycles. The van der Waals surface area contributed by atoms with Gasteiger partial charge in [0.15, 0.2) is 10.4 Å². The second-order valence-corrected chi connectivity index (χ2v) is 7.32. The molecule has 0 bridgehead atoms. The zero-order valence-corrected chi connectivity index (χ0v) is 14.0. The first-order valence-corrected chi connectivity index (χ1v) is 8.65. The van der Waals surface area contributed by atoms with Gasteiger partial charge in [-0.2, -0.15) is 5.26 Å². The van der Waals surface area contributed by atoms with Crippen molar-refractivity contribution in [2.45, 2.75) is 30.1 Å². The van der Waals surface area contributed by atoms with Gasteiger partial charge in [-0.05, 0) is 38.1 Å². The summed E-state index contributed by atoms with van der Waals surface area (Å²) in [7, 11) is -3.98. The van der Waals surface area contributed by atoms with Crippen molar-refractivity contribution in [1.29, 1.82) is 5.26 Å². The fraction of sp³-hybridized carbons (Fsp3) is 0.267. The number of hydrogen-bond acceptors (Lipinski definition) is 6.